The summed E-state index contributed by atoms with van der Waals surface area (Å²) in [6.07, 6.45) is 0.988. The van der Waals surface area contributed by atoms with Gasteiger partial charge in [-0.1, -0.05) is 12.1 Å². The SMILES string of the molecule is Cc1ccc2cc3cc(C(=O)NCCCN4CCN(C)CC4)sc3nc2c1. The summed E-state index contributed by atoms with van der Waals surface area (Å²) in [5, 5.41) is 5.22. The average molecular weight is 383 g/mol. The first-order chi connectivity index (χ1) is 13.1. The maximum atomic E-state index is 12.5. The summed E-state index contributed by atoms with van der Waals surface area (Å²) < 4.78 is 0. The van der Waals surface area contributed by atoms with E-state index in [0.29, 0.717) is 6.54 Å². The quantitative estimate of drug-likeness (QED) is 0.689. The molecule has 3 aromatic rings. The van der Waals surface area contributed by atoms with Gasteiger partial charge in [0, 0.05) is 43.5 Å². The van der Waals surface area contributed by atoms with E-state index in [1.165, 1.54) is 16.9 Å². The number of hydrogen-bond acceptors (Lipinski definition) is 5. The van der Waals surface area contributed by atoms with Gasteiger partial charge in [0.15, 0.2) is 0 Å². The number of hydrogen-bond donors (Lipinski definition) is 1. The van der Waals surface area contributed by atoms with E-state index in [-0.39, 0.29) is 5.91 Å². The number of carbonyl (C=O) groups is 1. The second-order valence-electron chi connectivity index (χ2n) is 7.44. The fourth-order valence-corrected chi connectivity index (χ4v) is 4.45. The molecule has 1 amide bonds. The van der Waals surface area contributed by atoms with Gasteiger partial charge >= 0.3 is 0 Å². The van der Waals surface area contributed by atoms with E-state index in [0.717, 1.165) is 65.1 Å². The summed E-state index contributed by atoms with van der Waals surface area (Å²) in [4.78, 5) is 23.7. The van der Waals surface area contributed by atoms with Gasteiger partial charge in [-0.2, -0.15) is 0 Å². The second kappa shape index (κ2) is 7.92. The standard InChI is InChI=1S/C21H26N4OS/c1-15-4-5-16-13-17-14-19(27-21(17)23-18(16)12-15)20(26)22-6-3-7-25-10-8-24(2)9-11-25/h4-5,12-14H,3,6-11H2,1-2H3,(H,22,26). The molecule has 0 spiro atoms. The van der Waals surface area contributed by atoms with Crippen LogP contribution in [0, 0.1) is 6.92 Å². The highest BCUT2D eigenvalue weighted by atomic mass is 32.1. The number of aryl methyl sites for hydroxylation is 1. The third-order valence-electron chi connectivity index (χ3n) is 5.22. The monoisotopic (exact) mass is 382 g/mol. The zero-order chi connectivity index (χ0) is 18.8. The molecule has 4 rings (SSSR count). The molecule has 0 saturated carbocycles. The molecule has 3 heterocycles. The van der Waals surface area contributed by atoms with Crippen molar-refractivity contribution in [3.8, 4) is 0 Å². The predicted molar refractivity (Wildman–Crippen MR) is 113 cm³/mol. The van der Waals surface area contributed by atoms with Crippen molar-refractivity contribution < 1.29 is 4.79 Å². The molecule has 1 aromatic carbocycles. The van der Waals surface area contributed by atoms with Crippen LogP contribution in [0.15, 0.2) is 30.3 Å². The Kier molecular flexibility index (Phi) is 5.38. The number of rotatable bonds is 5. The lowest BCUT2D eigenvalue weighted by Gasteiger charge is -2.32. The summed E-state index contributed by atoms with van der Waals surface area (Å²) in [6, 6.07) is 10.4. The number of piperazine rings is 1. The summed E-state index contributed by atoms with van der Waals surface area (Å²) in [5.41, 5.74) is 2.19. The third kappa shape index (κ3) is 4.29. The van der Waals surface area contributed by atoms with E-state index in [9.17, 15) is 4.79 Å². The highest BCUT2D eigenvalue weighted by Gasteiger charge is 2.14. The maximum absolute atomic E-state index is 12.5. The minimum atomic E-state index is 0.0108. The van der Waals surface area contributed by atoms with E-state index in [4.69, 9.17) is 4.98 Å². The maximum Gasteiger partial charge on any atom is 0.261 e. The van der Waals surface area contributed by atoms with Crippen LogP contribution in [0.5, 0.6) is 0 Å². The first kappa shape index (κ1) is 18.3. The van der Waals surface area contributed by atoms with Crippen LogP contribution >= 0.6 is 11.3 Å². The number of nitrogens with zero attached hydrogens (tertiary/aromatic N) is 3. The van der Waals surface area contributed by atoms with Crippen molar-refractivity contribution in [2.45, 2.75) is 13.3 Å². The molecular weight excluding hydrogens is 356 g/mol. The third-order valence-corrected chi connectivity index (χ3v) is 6.26. The van der Waals surface area contributed by atoms with Crippen molar-refractivity contribution in [1.82, 2.24) is 20.1 Å². The summed E-state index contributed by atoms with van der Waals surface area (Å²) in [7, 11) is 2.17. The Morgan fingerprint density at radius 1 is 1.15 bits per heavy atom. The Bertz CT molecular complexity index is 959. The van der Waals surface area contributed by atoms with Crippen molar-refractivity contribution in [2.75, 3.05) is 46.3 Å². The van der Waals surface area contributed by atoms with Crippen LogP contribution in [0.3, 0.4) is 0 Å². The molecule has 1 fully saturated rings. The van der Waals surface area contributed by atoms with E-state index < -0.39 is 0 Å². The topological polar surface area (TPSA) is 48.5 Å². The van der Waals surface area contributed by atoms with Crippen molar-refractivity contribution in [2.24, 2.45) is 0 Å². The van der Waals surface area contributed by atoms with Gasteiger partial charge in [-0.15, -0.1) is 11.3 Å². The van der Waals surface area contributed by atoms with E-state index >= 15 is 0 Å². The lowest BCUT2D eigenvalue weighted by Crippen LogP contribution is -2.45. The second-order valence-corrected chi connectivity index (χ2v) is 8.47. The number of pyridine rings is 1. The number of nitrogens with one attached hydrogen (secondary N) is 1. The van der Waals surface area contributed by atoms with Crippen LogP contribution in [0.25, 0.3) is 21.1 Å². The number of aromatic nitrogens is 1. The van der Waals surface area contributed by atoms with Crippen LogP contribution in [-0.2, 0) is 0 Å². The summed E-state index contributed by atoms with van der Waals surface area (Å²) in [5.74, 6) is 0.0108. The molecule has 6 heteroatoms. The van der Waals surface area contributed by atoms with Crippen molar-refractivity contribution in [3.05, 3.63) is 40.8 Å². The van der Waals surface area contributed by atoms with Gasteiger partial charge in [0.25, 0.3) is 5.91 Å². The molecule has 0 bridgehead atoms. The summed E-state index contributed by atoms with van der Waals surface area (Å²) >= 11 is 1.47. The van der Waals surface area contributed by atoms with Crippen LogP contribution in [0.4, 0.5) is 0 Å². The van der Waals surface area contributed by atoms with E-state index in [1.807, 2.05) is 6.07 Å². The smallest absolute Gasteiger partial charge is 0.261 e. The van der Waals surface area contributed by atoms with Crippen molar-refractivity contribution in [1.29, 1.82) is 0 Å². The van der Waals surface area contributed by atoms with E-state index in [2.05, 4.69) is 53.4 Å². The number of benzene rings is 1. The zero-order valence-corrected chi connectivity index (χ0v) is 16.8. The molecular formula is C21H26N4OS. The Labute approximate surface area is 164 Å². The predicted octanol–water partition coefficient (Wildman–Crippen LogP) is 3.13. The molecule has 27 heavy (non-hydrogen) atoms. The molecule has 2 aromatic heterocycles. The van der Waals surface area contributed by atoms with Crippen LogP contribution in [0.1, 0.15) is 21.7 Å². The minimum absolute atomic E-state index is 0.0108. The molecule has 5 nitrogen and oxygen atoms in total. The lowest BCUT2D eigenvalue weighted by atomic mass is 10.1. The first-order valence-electron chi connectivity index (χ1n) is 9.58. The van der Waals surface area contributed by atoms with Gasteiger partial charge in [0.2, 0.25) is 0 Å². The van der Waals surface area contributed by atoms with Gasteiger partial charge in [-0.05, 0) is 50.7 Å². The largest absolute Gasteiger partial charge is 0.351 e. The number of thiophene rings is 1. The molecule has 1 saturated heterocycles. The van der Waals surface area contributed by atoms with Gasteiger partial charge in [0.05, 0.1) is 10.4 Å². The number of fused-ring (bicyclic) bond motifs is 2. The zero-order valence-electron chi connectivity index (χ0n) is 16.0. The molecule has 0 radical (unpaired) electrons. The van der Waals surface area contributed by atoms with Crippen molar-refractivity contribution >= 4 is 38.4 Å². The van der Waals surface area contributed by atoms with Gasteiger partial charge in [-0.3, -0.25) is 4.79 Å². The average Bonchev–Trinajstić information content (AvgIpc) is 3.07. The lowest BCUT2D eigenvalue weighted by molar-refractivity contribution is 0.0953. The fraction of sp³-hybridized carbons (Fsp3) is 0.429. The van der Waals surface area contributed by atoms with Gasteiger partial charge in [0.1, 0.15) is 4.83 Å². The highest BCUT2D eigenvalue weighted by Crippen LogP contribution is 2.27. The van der Waals surface area contributed by atoms with Crippen LogP contribution in [0.2, 0.25) is 0 Å². The Morgan fingerprint density at radius 3 is 2.78 bits per heavy atom. The normalized spacial score (nSPS) is 16.2. The summed E-state index contributed by atoms with van der Waals surface area (Å²) in [6.45, 7) is 8.35. The Hall–Kier alpha value is -2.02. The van der Waals surface area contributed by atoms with E-state index in [1.54, 1.807) is 0 Å². The molecule has 1 aliphatic rings. The van der Waals surface area contributed by atoms with Crippen LogP contribution in [-0.4, -0.2) is 67.0 Å². The number of amides is 1. The Balaban J connectivity index is 1.35. The van der Waals surface area contributed by atoms with Gasteiger partial charge < -0.3 is 15.1 Å². The fourth-order valence-electron chi connectivity index (χ4n) is 3.51. The number of carbonyl (C=O) groups excluding carboxylic acids is 1. The molecule has 1 N–H and O–H groups in total. The highest BCUT2D eigenvalue weighted by molar-refractivity contribution is 7.20. The molecule has 142 valence electrons. The Morgan fingerprint density at radius 2 is 1.96 bits per heavy atom. The van der Waals surface area contributed by atoms with Gasteiger partial charge in [-0.25, -0.2) is 4.98 Å². The molecule has 0 unspecified atom stereocenters. The minimum Gasteiger partial charge on any atom is -0.351 e. The number of likely N-dealkylation sites (N-methyl/N-ethyl adjacent to an activating group) is 1. The van der Waals surface area contributed by atoms with Crippen molar-refractivity contribution in [3.63, 3.8) is 0 Å². The molecule has 0 atom stereocenters. The molecule has 1 aliphatic heterocycles. The first-order valence-corrected chi connectivity index (χ1v) is 10.4. The molecule has 0 aliphatic carbocycles. The van der Waals surface area contributed by atoms with Crippen LogP contribution < -0.4 is 5.32 Å².